The van der Waals surface area contributed by atoms with Crippen LogP contribution in [0.2, 0.25) is 0 Å². The highest BCUT2D eigenvalue weighted by Crippen LogP contribution is 2.10. The number of nitrogens with zero attached hydrogens (tertiary/aromatic N) is 3. The monoisotopic (exact) mass is 332 g/mol. The van der Waals surface area contributed by atoms with Crippen molar-refractivity contribution in [2.45, 2.75) is 25.7 Å². The van der Waals surface area contributed by atoms with Crippen LogP contribution in [-0.2, 0) is 9.59 Å². The molecule has 2 amide bonds. The Balaban J connectivity index is 0.00000242. The Labute approximate surface area is 139 Å². The van der Waals surface area contributed by atoms with Crippen LogP contribution in [0.5, 0.6) is 0 Å². The number of hydrogen-bond donors (Lipinski definition) is 1. The summed E-state index contributed by atoms with van der Waals surface area (Å²) in [6.45, 7) is 5.69. The number of amides is 2. The van der Waals surface area contributed by atoms with Crippen LogP contribution in [0, 0.1) is 0 Å². The molecular formula is C15H29ClN4O2. The van der Waals surface area contributed by atoms with E-state index in [1.54, 1.807) is 0 Å². The lowest BCUT2D eigenvalue weighted by Gasteiger charge is -2.29. The van der Waals surface area contributed by atoms with Gasteiger partial charge in [-0.15, -0.1) is 12.4 Å². The van der Waals surface area contributed by atoms with Gasteiger partial charge in [-0.1, -0.05) is 12.8 Å². The number of rotatable bonds is 4. The molecule has 1 N–H and O–H groups in total. The maximum absolute atomic E-state index is 12.3. The fourth-order valence-electron chi connectivity index (χ4n) is 2.95. The summed E-state index contributed by atoms with van der Waals surface area (Å²) in [7, 11) is 1.86. The predicted octanol–water partition coefficient (Wildman–Crippen LogP) is 0.174. The highest BCUT2D eigenvalue weighted by Gasteiger charge is 2.21. The Morgan fingerprint density at radius 1 is 0.864 bits per heavy atom. The topological polar surface area (TPSA) is 55.9 Å². The zero-order valence-electron chi connectivity index (χ0n) is 13.6. The van der Waals surface area contributed by atoms with Crippen LogP contribution in [-0.4, -0.2) is 85.9 Å². The summed E-state index contributed by atoms with van der Waals surface area (Å²) in [5.41, 5.74) is 0. The molecule has 0 aromatic carbocycles. The Bertz CT molecular complexity index is 353. The first-order valence-electron chi connectivity index (χ1n) is 8.11. The van der Waals surface area contributed by atoms with E-state index in [0.29, 0.717) is 13.1 Å². The standard InChI is InChI=1S/C15H28N4O2.ClH/c1-17(13-15(21)19-10-6-16-7-11-19)12-14(20)18-8-4-2-3-5-9-18;/h16H,2-13H2,1H3;1H. The van der Waals surface area contributed by atoms with Gasteiger partial charge >= 0.3 is 0 Å². The van der Waals surface area contributed by atoms with Gasteiger partial charge in [-0.25, -0.2) is 0 Å². The van der Waals surface area contributed by atoms with Crippen LogP contribution in [0.15, 0.2) is 0 Å². The average Bonchev–Trinajstić information content (AvgIpc) is 2.77. The first-order valence-corrected chi connectivity index (χ1v) is 8.11. The van der Waals surface area contributed by atoms with Crippen molar-refractivity contribution in [3.05, 3.63) is 0 Å². The lowest BCUT2D eigenvalue weighted by atomic mass is 10.2. The lowest BCUT2D eigenvalue weighted by molar-refractivity contribution is -0.135. The van der Waals surface area contributed by atoms with Crippen molar-refractivity contribution in [3.8, 4) is 0 Å². The second-order valence-corrected chi connectivity index (χ2v) is 6.10. The third-order valence-electron chi connectivity index (χ3n) is 4.24. The first kappa shape index (κ1) is 19.2. The van der Waals surface area contributed by atoms with Crippen LogP contribution in [0.4, 0.5) is 0 Å². The largest absolute Gasteiger partial charge is 0.342 e. The zero-order chi connectivity index (χ0) is 15.1. The van der Waals surface area contributed by atoms with Crippen molar-refractivity contribution < 1.29 is 9.59 Å². The van der Waals surface area contributed by atoms with E-state index in [2.05, 4.69) is 5.32 Å². The SMILES string of the molecule is CN(CC(=O)N1CCCCCC1)CC(=O)N1CCNCC1.Cl. The molecule has 0 spiro atoms. The summed E-state index contributed by atoms with van der Waals surface area (Å²) < 4.78 is 0. The lowest BCUT2D eigenvalue weighted by Crippen LogP contribution is -2.50. The van der Waals surface area contributed by atoms with E-state index in [1.165, 1.54) is 12.8 Å². The van der Waals surface area contributed by atoms with Crippen molar-refractivity contribution in [3.63, 3.8) is 0 Å². The summed E-state index contributed by atoms with van der Waals surface area (Å²) in [5.74, 6) is 0.287. The molecule has 0 atom stereocenters. The molecule has 2 aliphatic rings. The molecule has 7 heteroatoms. The van der Waals surface area contributed by atoms with Gasteiger partial charge in [0, 0.05) is 39.3 Å². The smallest absolute Gasteiger partial charge is 0.236 e. The summed E-state index contributed by atoms with van der Waals surface area (Å²) in [4.78, 5) is 30.1. The molecule has 2 aliphatic heterocycles. The third kappa shape index (κ3) is 6.10. The molecule has 2 saturated heterocycles. The van der Waals surface area contributed by atoms with E-state index in [-0.39, 0.29) is 24.2 Å². The molecular weight excluding hydrogens is 304 g/mol. The van der Waals surface area contributed by atoms with E-state index in [9.17, 15) is 9.59 Å². The number of carbonyl (C=O) groups is 2. The molecule has 0 aromatic rings. The minimum Gasteiger partial charge on any atom is -0.342 e. The number of carbonyl (C=O) groups excluding carboxylic acids is 2. The Hall–Kier alpha value is -0.850. The maximum Gasteiger partial charge on any atom is 0.236 e. The van der Waals surface area contributed by atoms with Crippen molar-refractivity contribution in [2.24, 2.45) is 0 Å². The van der Waals surface area contributed by atoms with E-state index in [4.69, 9.17) is 0 Å². The molecule has 0 saturated carbocycles. The van der Waals surface area contributed by atoms with Crippen LogP contribution in [0.3, 0.4) is 0 Å². The summed E-state index contributed by atoms with van der Waals surface area (Å²) in [5, 5.41) is 3.24. The fourth-order valence-corrected chi connectivity index (χ4v) is 2.95. The molecule has 2 fully saturated rings. The van der Waals surface area contributed by atoms with Crippen LogP contribution < -0.4 is 5.32 Å². The molecule has 128 valence electrons. The van der Waals surface area contributed by atoms with Gasteiger partial charge in [-0.3, -0.25) is 14.5 Å². The van der Waals surface area contributed by atoms with E-state index in [1.807, 2.05) is 21.7 Å². The normalized spacial score (nSPS) is 19.5. The number of hydrogen-bond acceptors (Lipinski definition) is 4. The van der Waals surface area contributed by atoms with Gasteiger partial charge in [0.25, 0.3) is 0 Å². The molecule has 22 heavy (non-hydrogen) atoms. The van der Waals surface area contributed by atoms with Gasteiger partial charge in [-0.2, -0.15) is 0 Å². The van der Waals surface area contributed by atoms with Gasteiger partial charge in [0.1, 0.15) is 0 Å². The van der Waals surface area contributed by atoms with Gasteiger partial charge in [0.15, 0.2) is 0 Å². The maximum atomic E-state index is 12.3. The quantitative estimate of drug-likeness (QED) is 0.797. The van der Waals surface area contributed by atoms with Gasteiger partial charge in [-0.05, 0) is 19.9 Å². The summed E-state index contributed by atoms with van der Waals surface area (Å²) in [6, 6.07) is 0. The van der Waals surface area contributed by atoms with Gasteiger partial charge in [0.2, 0.25) is 11.8 Å². The molecule has 2 heterocycles. The number of piperazine rings is 1. The minimum absolute atomic E-state index is 0. The fraction of sp³-hybridized carbons (Fsp3) is 0.867. The van der Waals surface area contributed by atoms with Crippen molar-refractivity contribution in [1.29, 1.82) is 0 Å². The second-order valence-electron chi connectivity index (χ2n) is 6.10. The average molecular weight is 333 g/mol. The van der Waals surface area contributed by atoms with Crippen LogP contribution in [0.1, 0.15) is 25.7 Å². The van der Waals surface area contributed by atoms with Crippen molar-refractivity contribution in [2.75, 3.05) is 59.4 Å². The Morgan fingerprint density at radius 2 is 1.32 bits per heavy atom. The van der Waals surface area contributed by atoms with Crippen LogP contribution in [0.25, 0.3) is 0 Å². The molecule has 2 rings (SSSR count). The summed E-state index contributed by atoms with van der Waals surface area (Å²) in [6.07, 6.45) is 4.66. The molecule has 0 bridgehead atoms. The van der Waals surface area contributed by atoms with Crippen molar-refractivity contribution >= 4 is 24.2 Å². The third-order valence-corrected chi connectivity index (χ3v) is 4.24. The van der Waals surface area contributed by atoms with E-state index in [0.717, 1.165) is 52.1 Å². The van der Waals surface area contributed by atoms with Crippen LogP contribution >= 0.6 is 12.4 Å². The molecule has 0 unspecified atom stereocenters. The second kappa shape index (κ2) is 10.0. The van der Waals surface area contributed by atoms with E-state index < -0.39 is 0 Å². The number of halogens is 1. The van der Waals surface area contributed by atoms with Gasteiger partial charge in [0.05, 0.1) is 13.1 Å². The molecule has 0 aliphatic carbocycles. The van der Waals surface area contributed by atoms with Crippen molar-refractivity contribution in [1.82, 2.24) is 20.0 Å². The number of likely N-dealkylation sites (N-methyl/N-ethyl adjacent to an activating group) is 1. The van der Waals surface area contributed by atoms with Gasteiger partial charge < -0.3 is 15.1 Å². The predicted molar refractivity (Wildman–Crippen MR) is 89.2 cm³/mol. The Kier molecular flexibility index (Phi) is 8.75. The van der Waals surface area contributed by atoms with E-state index >= 15 is 0 Å². The highest BCUT2D eigenvalue weighted by atomic mass is 35.5. The zero-order valence-corrected chi connectivity index (χ0v) is 14.4. The number of nitrogens with one attached hydrogen (secondary N) is 1. The number of likely N-dealkylation sites (tertiary alicyclic amines) is 1. The molecule has 0 aromatic heterocycles. The Morgan fingerprint density at radius 3 is 1.82 bits per heavy atom. The molecule has 6 nitrogen and oxygen atoms in total. The highest BCUT2D eigenvalue weighted by molar-refractivity contribution is 5.85. The minimum atomic E-state index is 0. The molecule has 0 radical (unpaired) electrons. The summed E-state index contributed by atoms with van der Waals surface area (Å²) >= 11 is 0. The first-order chi connectivity index (χ1) is 10.2.